The molecule has 17 heavy (non-hydrogen) atoms. The van der Waals surface area contributed by atoms with Gasteiger partial charge in [0.05, 0.1) is 0 Å². The number of hydrogen-bond donors (Lipinski definition) is 1. The zero-order valence-corrected chi connectivity index (χ0v) is 11.3. The maximum atomic E-state index is 12.3. The summed E-state index contributed by atoms with van der Waals surface area (Å²) >= 11 is 0. The van der Waals surface area contributed by atoms with Gasteiger partial charge in [-0.05, 0) is 32.2 Å². The van der Waals surface area contributed by atoms with E-state index in [0.29, 0.717) is 6.04 Å². The molecule has 2 fully saturated rings. The van der Waals surface area contributed by atoms with Gasteiger partial charge >= 0.3 is 0 Å². The van der Waals surface area contributed by atoms with E-state index in [9.17, 15) is 4.79 Å². The monoisotopic (exact) mass is 262 g/mol. The third-order valence-corrected chi connectivity index (χ3v) is 3.43. The number of halogens is 1. The first-order valence-corrected chi connectivity index (χ1v) is 6.45. The SMILES string of the molecule is CCCN(C(=O)C1CCCO1)C1CCNC1.Cl. The molecular weight excluding hydrogens is 240 g/mol. The van der Waals surface area contributed by atoms with Crippen molar-refractivity contribution in [2.45, 2.75) is 44.8 Å². The van der Waals surface area contributed by atoms with Gasteiger partial charge in [-0.3, -0.25) is 4.79 Å². The fraction of sp³-hybridized carbons (Fsp3) is 0.917. The molecule has 1 amide bonds. The minimum Gasteiger partial charge on any atom is -0.368 e. The molecule has 2 atom stereocenters. The Labute approximate surface area is 109 Å². The Morgan fingerprint density at radius 3 is 2.82 bits per heavy atom. The molecular formula is C12H23ClN2O2. The van der Waals surface area contributed by atoms with Crippen LogP contribution in [0.4, 0.5) is 0 Å². The Morgan fingerprint density at radius 2 is 2.29 bits per heavy atom. The molecule has 2 heterocycles. The molecule has 4 nitrogen and oxygen atoms in total. The van der Waals surface area contributed by atoms with Crippen molar-refractivity contribution >= 4 is 18.3 Å². The molecule has 2 unspecified atom stereocenters. The first kappa shape index (κ1) is 14.7. The highest BCUT2D eigenvalue weighted by Gasteiger charge is 2.32. The second-order valence-corrected chi connectivity index (χ2v) is 4.68. The van der Waals surface area contributed by atoms with Crippen LogP contribution in [0.3, 0.4) is 0 Å². The van der Waals surface area contributed by atoms with Crippen molar-refractivity contribution in [3.63, 3.8) is 0 Å². The third kappa shape index (κ3) is 3.57. The molecule has 2 rings (SSSR count). The summed E-state index contributed by atoms with van der Waals surface area (Å²) in [6.45, 7) is 5.71. The van der Waals surface area contributed by atoms with Crippen molar-refractivity contribution in [3.05, 3.63) is 0 Å². The van der Waals surface area contributed by atoms with Crippen LogP contribution in [0.25, 0.3) is 0 Å². The highest BCUT2D eigenvalue weighted by molar-refractivity contribution is 5.85. The number of carbonyl (C=O) groups is 1. The molecule has 0 aromatic carbocycles. The number of rotatable bonds is 4. The number of carbonyl (C=O) groups excluding carboxylic acids is 1. The predicted octanol–water partition coefficient (Wildman–Crippen LogP) is 1.19. The summed E-state index contributed by atoms with van der Waals surface area (Å²) < 4.78 is 5.49. The lowest BCUT2D eigenvalue weighted by atomic mass is 10.1. The van der Waals surface area contributed by atoms with Gasteiger partial charge in [0.15, 0.2) is 0 Å². The summed E-state index contributed by atoms with van der Waals surface area (Å²) in [5.41, 5.74) is 0. The van der Waals surface area contributed by atoms with Gasteiger partial charge in [-0.2, -0.15) is 0 Å². The van der Waals surface area contributed by atoms with E-state index in [1.165, 1.54) is 0 Å². The van der Waals surface area contributed by atoms with Crippen molar-refractivity contribution in [2.24, 2.45) is 0 Å². The summed E-state index contributed by atoms with van der Waals surface area (Å²) in [7, 11) is 0. The standard InChI is InChI=1S/C12H22N2O2.ClH/c1-2-7-14(10-5-6-13-9-10)12(15)11-4-3-8-16-11;/h10-11,13H,2-9H2,1H3;1H. The Balaban J connectivity index is 0.00000144. The zero-order chi connectivity index (χ0) is 11.4. The van der Waals surface area contributed by atoms with E-state index in [4.69, 9.17) is 4.74 Å². The van der Waals surface area contributed by atoms with Gasteiger partial charge in [-0.1, -0.05) is 6.92 Å². The van der Waals surface area contributed by atoms with Crippen LogP contribution in [0.2, 0.25) is 0 Å². The van der Waals surface area contributed by atoms with E-state index in [0.717, 1.165) is 51.9 Å². The highest BCUT2D eigenvalue weighted by Crippen LogP contribution is 2.18. The molecule has 0 spiro atoms. The summed E-state index contributed by atoms with van der Waals surface area (Å²) in [4.78, 5) is 14.3. The second kappa shape index (κ2) is 7.19. The number of hydrogen-bond acceptors (Lipinski definition) is 3. The molecule has 2 aliphatic rings. The van der Waals surface area contributed by atoms with Crippen molar-refractivity contribution < 1.29 is 9.53 Å². The quantitative estimate of drug-likeness (QED) is 0.828. The zero-order valence-electron chi connectivity index (χ0n) is 10.5. The van der Waals surface area contributed by atoms with Crippen LogP contribution in [0.1, 0.15) is 32.6 Å². The van der Waals surface area contributed by atoms with Gasteiger partial charge < -0.3 is 15.0 Å². The number of nitrogens with zero attached hydrogens (tertiary/aromatic N) is 1. The Hall–Kier alpha value is -0.320. The van der Waals surface area contributed by atoms with E-state index >= 15 is 0 Å². The van der Waals surface area contributed by atoms with Gasteiger partial charge in [0.25, 0.3) is 5.91 Å². The Morgan fingerprint density at radius 1 is 1.47 bits per heavy atom. The van der Waals surface area contributed by atoms with Crippen LogP contribution in [-0.2, 0) is 9.53 Å². The van der Waals surface area contributed by atoms with Crippen LogP contribution in [0.15, 0.2) is 0 Å². The van der Waals surface area contributed by atoms with Crippen LogP contribution in [0.5, 0.6) is 0 Å². The second-order valence-electron chi connectivity index (χ2n) is 4.68. The Kier molecular flexibility index (Phi) is 6.23. The fourth-order valence-corrected chi connectivity index (χ4v) is 2.58. The molecule has 0 aromatic rings. The van der Waals surface area contributed by atoms with Gasteiger partial charge in [0, 0.05) is 25.7 Å². The summed E-state index contributed by atoms with van der Waals surface area (Å²) in [5.74, 6) is 0.216. The molecule has 0 aromatic heterocycles. The minimum atomic E-state index is -0.160. The topological polar surface area (TPSA) is 41.6 Å². The largest absolute Gasteiger partial charge is 0.368 e. The lowest BCUT2D eigenvalue weighted by Crippen LogP contribution is -2.46. The summed E-state index contributed by atoms with van der Waals surface area (Å²) in [6, 6.07) is 0.386. The summed E-state index contributed by atoms with van der Waals surface area (Å²) in [6.07, 6.45) is 3.87. The van der Waals surface area contributed by atoms with Crippen molar-refractivity contribution in [1.29, 1.82) is 0 Å². The third-order valence-electron chi connectivity index (χ3n) is 3.43. The van der Waals surface area contributed by atoms with E-state index in [-0.39, 0.29) is 24.4 Å². The fourth-order valence-electron chi connectivity index (χ4n) is 2.58. The van der Waals surface area contributed by atoms with Crippen molar-refractivity contribution in [1.82, 2.24) is 10.2 Å². The lowest BCUT2D eigenvalue weighted by Gasteiger charge is -2.30. The molecule has 0 saturated carbocycles. The van der Waals surface area contributed by atoms with E-state index in [2.05, 4.69) is 12.2 Å². The molecule has 0 bridgehead atoms. The molecule has 5 heteroatoms. The lowest BCUT2D eigenvalue weighted by molar-refractivity contribution is -0.143. The molecule has 2 saturated heterocycles. The van der Waals surface area contributed by atoms with E-state index in [1.807, 2.05) is 4.90 Å². The van der Waals surface area contributed by atoms with Crippen LogP contribution in [-0.4, -0.2) is 49.2 Å². The van der Waals surface area contributed by atoms with Gasteiger partial charge in [-0.15, -0.1) is 12.4 Å². The van der Waals surface area contributed by atoms with Crippen LogP contribution >= 0.6 is 12.4 Å². The van der Waals surface area contributed by atoms with E-state index in [1.54, 1.807) is 0 Å². The highest BCUT2D eigenvalue weighted by atomic mass is 35.5. The van der Waals surface area contributed by atoms with Gasteiger partial charge in [0.1, 0.15) is 6.10 Å². The number of nitrogens with one attached hydrogen (secondary N) is 1. The van der Waals surface area contributed by atoms with Crippen molar-refractivity contribution in [3.8, 4) is 0 Å². The maximum absolute atomic E-state index is 12.3. The number of amides is 1. The van der Waals surface area contributed by atoms with E-state index < -0.39 is 0 Å². The van der Waals surface area contributed by atoms with Crippen molar-refractivity contribution in [2.75, 3.05) is 26.2 Å². The van der Waals surface area contributed by atoms with Gasteiger partial charge in [0.2, 0.25) is 0 Å². The van der Waals surface area contributed by atoms with Crippen LogP contribution < -0.4 is 5.32 Å². The Bertz CT molecular complexity index is 239. The molecule has 100 valence electrons. The minimum absolute atomic E-state index is 0. The predicted molar refractivity (Wildman–Crippen MR) is 69.5 cm³/mol. The smallest absolute Gasteiger partial charge is 0.251 e. The average molecular weight is 263 g/mol. The van der Waals surface area contributed by atoms with Gasteiger partial charge in [-0.25, -0.2) is 0 Å². The first-order valence-electron chi connectivity index (χ1n) is 6.45. The first-order chi connectivity index (χ1) is 7.83. The normalized spacial score (nSPS) is 27.8. The molecule has 2 aliphatic heterocycles. The average Bonchev–Trinajstić information content (AvgIpc) is 2.96. The maximum Gasteiger partial charge on any atom is 0.251 e. The van der Waals surface area contributed by atoms with Crippen LogP contribution in [0, 0.1) is 0 Å². The molecule has 0 aliphatic carbocycles. The summed E-state index contributed by atoms with van der Waals surface area (Å²) in [5, 5.41) is 3.32. The molecule has 0 radical (unpaired) electrons. The molecule has 1 N–H and O–H groups in total. The number of ether oxygens (including phenoxy) is 1.